The van der Waals surface area contributed by atoms with E-state index in [2.05, 4.69) is 15.5 Å². The number of nitrogens with one attached hydrogen (secondary N) is 2. The van der Waals surface area contributed by atoms with E-state index in [1.165, 1.54) is 0 Å². The number of rotatable bonds is 5. The van der Waals surface area contributed by atoms with Crippen molar-refractivity contribution in [2.75, 3.05) is 0 Å². The topological polar surface area (TPSA) is 62.7 Å². The van der Waals surface area contributed by atoms with Gasteiger partial charge >= 0.3 is 6.18 Å². The average molecular weight is 350 g/mol. The highest BCUT2D eigenvalue weighted by Crippen LogP contribution is 2.37. The fourth-order valence-electron chi connectivity index (χ4n) is 2.91. The number of hydrogen-bond donors (Lipinski definition) is 2. The summed E-state index contributed by atoms with van der Waals surface area (Å²) in [6.45, 7) is 2.05. The minimum Gasteiger partial charge on any atom is -0.352 e. The number of aryl methyl sites for hydroxylation is 1. The first-order valence-electron chi connectivity index (χ1n) is 7.81. The molecule has 0 spiro atoms. The van der Waals surface area contributed by atoms with Crippen LogP contribution in [0, 0.1) is 10.7 Å². The summed E-state index contributed by atoms with van der Waals surface area (Å²) in [4.78, 5) is 12.1. The number of halogens is 3. The van der Waals surface area contributed by atoms with E-state index in [1.54, 1.807) is 4.57 Å². The monoisotopic (exact) mass is 350 g/mol. The van der Waals surface area contributed by atoms with Gasteiger partial charge in [0.05, 0.1) is 5.92 Å². The van der Waals surface area contributed by atoms with Gasteiger partial charge in [-0.2, -0.15) is 18.3 Å². The largest absolute Gasteiger partial charge is 0.391 e. The Labute approximate surface area is 137 Å². The van der Waals surface area contributed by atoms with Crippen molar-refractivity contribution in [1.82, 2.24) is 20.1 Å². The number of alkyl halides is 3. The molecule has 1 aliphatic rings. The van der Waals surface area contributed by atoms with Gasteiger partial charge in [0.25, 0.3) is 0 Å². The maximum atomic E-state index is 12.6. The molecule has 1 amide bonds. The Morgan fingerprint density at radius 1 is 1.39 bits per heavy atom. The lowest BCUT2D eigenvalue weighted by Crippen LogP contribution is -2.41. The predicted molar refractivity (Wildman–Crippen MR) is 81.4 cm³/mol. The van der Waals surface area contributed by atoms with E-state index in [0.717, 1.165) is 6.42 Å². The Balaban J connectivity index is 1.87. The fraction of sp³-hybridized carbons (Fsp3) is 0.786. The Kier molecular flexibility index (Phi) is 5.83. The second kappa shape index (κ2) is 7.46. The van der Waals surface area contributed by atoms with Gasteiger partial charge in [-0.25, -0.2) is 0 Å². The first-order chi connectivity index (χ1) is 10.8. The second-order valence-electron chi connectivity index (χ2n) is 5.94. The van der Waals surface area contributed by atoms with Gasteiger partial charge < -0.3 is 5.32 Å². The van der Waals surface area contributed by atoms with Crippen LogP contribution in [0.5, 0.6) is 0 Å². The van der Waals surface area contributed by atoms with E-state index >= 15 is 0 Å². The molecule has 1 saturated carbocycles. The fourth-order valence-corrected chi connectivity index (χ4v) is 3.13. The van der Waals surface area contributed by atoms with Crippen LogP contribution < -0.4 is 5.32 Å². The first kappa shape index (κ1) is 18.0. The van der Waals surface area contributed by atoms with Crippen molar-refractivity contribution in [3.05, 3.63) is 10.6 Å². The lowest BCUT2D eigenvalue weighted by molar-refractivity contribution is -0.182. The van der Waals surface area contributed by atoms with Gasteiger partial charge in [0.15, 0.2) is 4.77 Å². The quantitative estimate of drug-likeness (QED) is 0.802. The summed E-state index contributed by atoms with van der Waals surface area (Å²) in [5, 5.41) is 9.56. The summed E-state index contributed by atoms with van der Waals surface area (Å²) in [7, 11) is 0. The van der Waals surface area contributed by atoms with Gasteiger partial charge in [0.2, 0.25) is 5.91 Å². The van der Waals surface area contributed by atoms with Gasteiger partial charge in [-0.05, 0) is 44.3 Å². The third-order valence-corrected chi connectivity index (χ3v) is 4.48. The minimum absolute atomic E-state index is 0.0455. The smallest absolute Gasteiger partial charge is 0.352 e. The number of aromatic nitrogens is 3. The van der Waals surface area contributed by atoms with Gasteiger partial charge in [0, 0.05) is 12.5 Å². The molecule has 1 aromatic rings. The molecule has 2 rings (SSSR count). The van der Waals surface area contributed by atoms with E-state index in [0.29, 0.717) is 29.9 Å². The van der Waals surface area contributed by atoms with Crippen molar-refractivity contribution >= 4 is 18.1 Å². The lowest BCUT2D eigenvalue weighted by atomic mass is 9.85. The zero-order valence-electron chi connectivity index (χ0n) is 12.9. The molecule has 0 aliphatic heterocycles. The predicted octanol–water partition coefficient (Wildman–Crippen LogP) is 3.13. The Bertz CT molecular complexity index is 588. The van der Waals surface area contributed by atoms with Crippen LogP contribution in [0.25, 0.3) is 0 Å². The number of hydrogen-bond acceptors (Lipinski definition) is 3. The maximum Gasteiger partial charge on any atom is 0.391 e. The maximum absolute atomic E-state index is 12.6. The molecule has 1 fully saturated rings. The van der Waals surface area contributed by atoms with Crippen molar-refractivity contribution in [3.8, 4) is 0 Å². The Morgan fingerprint density at radius 2 is 2.04 bits per heavy atom. The number of carbonyl (C=O) groups excluding carboxylic acids is 1. The minimum atomic E-state index is -4.13. The SMILES string of the molecule is CCCc1n[nH]c(=S)n1CC(=O)NC1CCC(C(F)(F)F)CC1. The van der Waals surface area contributed by atoms with Gasteiger partial charge in [-0.15, -0.1) is 0 Å². The molecule has 23 heavy (non-hydrogen) atoms. The van der Waals surface area contributed by atoms with Crippen molar-refractivity contribution in [2.24, 2.45) is 5.92 Å². The highest BCUT2D eigenvalue weighted by molar-refractivity contribution is 7.71. The van der Waals surface area contributed by atoms with E-state index in [4.69, 9.17) is 12.2 Å². The molecule has 1 aliphatic carbocycles. The third kappa shape index (κ3) is 4.79. The zero-order valence-corrected chi connectivity index (χ0v) is 13.8. The third-order valence-electron chi connectivity index (χ3n) is 4.17. The van der Waals surface area contributed by atoms with Crippen LogP contribution in [-0.2, 0) is 17.8 Å². The number of amides is 1. The molecule has 130 valence electrons. The Morgan fingerprint density at radius 3 is 2.61 bits per heavy atom. The van der Waals surface area contributed by atoms with Crippen LogP contribution in [0.3, 0.4) is 0 Å². The standard InChI is InChI=1S/C14H21F3N4OS/c1-2-3-11-19-20-13(23)21(11)8-12(22)18-10-6-4-9(5-7-10)14(15,16)17/h9-10H,2-8H2,1H3,(H,18,22)(H,20,23). The molecule has 0 saturated heterocycles. The van der Waals surface area contributed by atoms with Crippen molar-refractivity contribution < 1.29 is 18.0 Å². The summed E-state index contributed by atoms with van der Waals surface area (Å²) in [6.07, 6.45) is -1.70. The zero-order chi connectivity index (χ0) is 17.0. The molecule has 1 heterocycles. The van der Waals surface area contributed by atoms with E-state index < -0.39 is 12.1 Å². The first-order valence-corrected chi connectivity index (χ1v) is 8.22. The van der Waals surface area contributed by atoms with Crippen LogP contribution >= 0.6 is 12.2 Å². The molecule has 0 aromatic carbocycles. The van der Waals surface area contributed by atoms with E-state index in [-0.39, 0.29) is 31.3 Å². The molecule has 2 N–H and O–H groups in total. The Hall–Kier alpha value is -1.38. The lowest BCUT2D eigenvalue weighted by Gasteiger charge is -2.30. The van der Waals surface area contributed by atoms with Crippen LogP contribution in [-0.4, -0.2) is 32.9 Å². The summed E-state index contributed by atoms with van der Waals surface area (Å²) in [5.74, 6) is -0.766. The average Bonchev–Trinajstić information content (AvgIpc) is 2.80. The molecule has 1 aromatic heterocycles. The molecule has 0 unspecified atom stereocenters. The summed E-state index contributed by atoms with van der Waals surface area (Å²) in [6, 6.07) is -0.197. The second-order valence-corrected chi connectivity index (χ2v) is 6.33. The molecule has 5 nitrogen and oxygen atoms in total. The number of H-pyrrole nitrogens is 1. The van der Waals surface area contributed by atoms with E-state index in [1.807, 2.05) is 6.92 Å². The van der Waals surface area contributed by atoms with Crippen molar-refractivity contribution in [3.63, 3.8) is 0 Å². The summed E-state index contributed by atoms with van der Waals surface area (Å²) >= 11 is 5.11. The molecular weight excluding hydrogens is 329 g/mol. The summed E-state index contributed by atoms with van der Waals surface area (Å²) in [5.41, 5.74) is 0. The van der Waals surface area contributed by atoms with Gasteiger partial charge in [0.1, 0.15) is 12.4 Å². The highest BCUT2D eigenvalue weighted by Gasteiger charge is 2.41. The molecule has 0 radical (unpaired) electrons. The van der Waals surface area contributed by atoms with E-state index in [9.17, 15) is 18.0 Å². The van der Waals surface area contributed by atoms with Crippen LogP contribution in [0.15, 0.2) is 0 Å². The van der Waals surface area contributed by atoms with Crippen molar-refractivity contribution in [2.45, 2.75) is 64.2 Å². The number of carbonyl (C=O) groups is 1. The normalized spacial score (nSPS) is 22.1. The van der Waals surface area contributed by atoms with Crippen LogP contribution in [0.4, 0.5) is 13.2 Å². The summed E-state index contributed by atoms with van der Waals surface area (Å²) < 4.78 is 39.9. The molecular formula is C14H21F3N4OS. The van der Waals surface area contributed by atoms with Crippen LogP contribution in [0.2, 0.25) is 0 Å². The van der Waals surface area contributed by atoms with Gasteiger partial charge in [-0.3, -0.25) is 14.5 Å². The van der Waals surface area contributed by atoms with Crippen molar-refractivity contribution in [1.29, 1.82) is 0 Å². The van der Waals surface area contributed by atoms with Gasteiger partial charge in [-0.1, -0.05) is 6.92 Å². The molecule has 9 heteroatoms. The van der Waals surface area contributed by atoms with Crippen LogP contribution in [0.1, 0.15) is 44.9 Å². The number of aromatic amines is 1. The molecule has 0 bridgehead atoms. The highest BCUT2D eigenvalue weighted by atomic mass is 32.1. The number of nitrogens with zero attached hydrogens (tertiary/aromatic N) is 2. The molecule has 0 atom stereocenters.